The van der Waals surface area contributed by atoms with Crippen LogP contribution in [-0.2, 0) is 0 Å². The molecule has 4 aromatic rings. The van der Waals surface area contributed by atoms with Crippen LogP contribution in [0.25, 0.3) is 11.3 Å². The van der Waals surface area contributed by atoms with Crippen LogP contribution in [0.2, 0.25) is 0 Å². The van der Waals surface area contributed by atoms with Crippen LogP contribution in [-0.4, -0.2) is 20.4 Å². The van der Waals surface area contributed by atoms with Crippen molar-refractivity contribution in [2.45, 2.75) is 13.0 Å². The lowest BCUT2D eigenvalue weighted by molar-refractivity contribution is 0.474. The first-order chi connectivity index (χ1) is 14.4. The summed E-state index contributed by atoms with van der Waals surface area (Å²) >= 11 is 0. The Morgan fingerprint density at radius 3 is 2.47 bits per heavy atom. The number of rotatable bonds is 6. The van der Waals surface area contributed by atoms with Gasteiger partial charge in [-0.2, -0.15) is 10.2 Å². The second kappa shape index (κ2) is 7.67. The van der Waals surface area contributed by atoms with Gasteiger partial charge in [0.15, 0.2) is 0 Å². The van der Waals surface area contributed by atoms with Gasteiger partial charge in [-0.25, -0.2) is 0 Å². The van der Waals surface area contributed by atoms with E-state index in [0.29, 0.717) is 16.9 Å². The molecule has 1 atom stereocenters. The van der Waals surface area contributed by atoms with Crippen LogP contribution in [0.3, 0.4) is 0 Å². The average Bonchev–Trinajstić information content (AvgIpc) is 2.77. The number of hydrogen-bond donors (Lipinski definition) is 4. The number of hydrogen-bond acceptors (Lipinski definition) is 8. The molecule has 8 nitrogen and oxygen atoms in total. The lowest BCUT2D eigenvalue weighted by Crippen LogP contribution is -2.37. The van der Waals surface area contributed by atoms with Gasteiger partial charge in [0.25, 0.3) is 10.9 Å². The summed E-state index contributed by atoms with van der Waals surface area (Å²) in [6.45, 7) is 1.82. The third-order valence-corrected chi connectivity index (χ3v) is 4.76. The van der Waals surface area contributed by atoms with Crippen molar-refractivity contribution in [2.75, 3.05) is 10.6 Å². The Balaban J connectivity index is 1.60. The third kappa shape index (κ3) is 3.58. The Labute approximate surface area is 171 Å². The highest BCUT2D eigenvalue weighted by atomic mass is 16.3. The van der Waals surface area contributed by atoms with Gasteiger partial charge in [0.2, 0.25) is 0 Å². The minimum absolute atomic E-state index is 0.0156. The SMILES string of the molecule is C[C@@H](Nc1c(Nc2ccc(O)c(-c3cccnn3)c2)c(=O)c1=O)c1cccc(O)c1. The number of aromatic hydroxyl groups is 2. The van der Waals surface area contributed by atoms with Gasteiger partial charge in [-0.05, 0) is 55.0 Å². The molecule has 0 aliphatic heterocycles. The summed E-state index contributed by atoms with van der Waals surface area (Å²) in [6.07, 6.45) is 1.53. The molecule has 30 heavy (non-hydrogen) atoms. The fraction of sp³-hybridized carbons (Fsp3) is 0.0909. The maximum atomic E-state index is 12.1. The molecule has 0 radical (unpaired) electrons. The van der Waals surface area contributed by atoms with E-state index in [0.717, 1.165) is 5.56 Å². The first kappa shape index (κ1) is 19.1. The summed E-state index contributed by atoms with van der Waals surface area (Å²) in [7, 11) is 0. The van der Waals surface area contributed by atoms with Crippen LogP contribution in [0.15, 0.2) is 70.4 Å². The monoisotopic (exact) mass is 402 g/mol. The Hall–Kier alpha value is -4.20. The third-order valence-electron chi connectivity index (χ3n) is 4.76. The fourth-order valence-electron chi connectivity index (χ4n) is 3.15. The predicted molar refractivity (Wildman–Crippen MR) is 114 cm³/mol. The molecule has 0 aliphatic carbocycles. The van der Waals surface area contributed by atoms with Gasteiger partial charge in [0, 0.05) is 23.5 Å². The van der Waals surface area contributed by atoms with Crippen LogP contribution >= 0.6 is 0 Å². The predicted octanol–water partition coefficient (Wildman–Crippen LogP) is 3.07. The minimum atomic E-state index is -0.630. The lowest BCUT2D eigenvalue weighted by atomic mass is 10.1. The second-order valence-electron chi connectivity index (χ2n) is 6.84. The average molecular weight is 402 g/mol. The zero-order valence-corrected chi connectivity index (χ0v) is 16.0. The fourth-order valence-corrected chi connectivity index (χ4v) is 3.15. The number of anilines is 3. The number of aromatic nitrogens is 2. The molecule has 0 fully saturated rings. The van der Waals surface area contributed by atoms with Gasteiger partial charge >= 0.3 is 0 Å². The maximum absolute atomic E-state index is 12.1. The van der Waals surface area contributed by atoms with Gasteiger partial charge in [-0.3, -0.25) is 9.59 Å². The van der Waals surface area contributed by atoms with Gasteiger partial charge in [-0.1, -0.05) is 12.1 Å². The molecule has 4 N–H and O–H groups in total. The lowest BCUT2D eigenvalue weighted by Gasteiger charge is -2.20. The largest absolute Gasteiger partial charge is 0.508 e. The van der Waals surface area contributed by atoms with E-state index >= 15 is 0 Å². The van der Waals surface area contributed by atoms with E-state index < -0.39 is 10.9 Å². The first-order valence-electron chi connectivity index (χ1n) is 9.21. The van der Waals surface area contributed by atoms with Crippen molar-refractivity contribution in [3.63, 3.8) is 0 Å². The van der Waals surface area contributed by atoms with Gasteiger partial charge in [-0.15, -0.1) is 0 Å². The number of phenols is 2. The molecular weight excluding hydrogens is 384 g/mol. The smallest absolute Gasteiger partial charge is 0.253 e. The maximum Gasteiger partial charge on any atom is 0.253 e. The number of nitrogens with one attached hydrogen (secondary N) is 2. The topological polar surface area (TPSA) is 124 Å². The van der Waals surface area contributed by atoms with Gasteiger partial charge < -0.3 is 20.8 Å². The molecule has 0 saturated carbocycles. The molecule has 0 bridgehead atoms. The number of nitrogens with zero attached hydrogens (tertiary/aromatic N) is 2. The molecule has 4 rings (SSSR count). The van der Waals surface area contributed by atoms with Crippen LogP contribution in [0, 0.1) is 0 Å². The molecule has 3 aromatic carbocycles. The van der Waals surface area contributed by atoms with Crippen LogP contribution in [0.4, 0.5) is 17.1 Å². The quantitative estimate of drug-likeness (QED) is 0.286. The Morgan fingerprint density at radius 1 is 0.933 bits per heavy atom. The second-order valence-corrected chi connectivity index (χ2v) is 6.84. The standard InChI is InChI=1S/C22H18N4O4/c1-12(13-4-2-5-15(27)10-13)24-19-20(22(30)21(19)29)25-14-7-8-18(28)16(11-14)17-6-3-9-23-26-17/h2-12,24-25,27-28H,1H3/t12-/m1/s1. The van der Waals surface area contributed by atoms with E-state index in [-0.39, 0.29) is 28.9 Å². The Morgan fingerprint density at radius 2 is 1.73 bits per heavy atom. The zero-order valence-electron chi connectivity index (χ0n) is 16.0. The molecule has 1 heterocycles. The summed E-state index contributed by atoms with van der Waals surface area (Å²) in [5.74, 6) is 0.132. The van der Waals surface area contributed by atoms with Crippen molar-refractivity contribution < 1.29 is 10.2 Å². The summed E-state index contributed by atoms with van der Waals surface area (Å²) in [4.78, 5) is 24.3. The van der Waals surface area contributed by atoms with Crippen molar-refractivity contribution in [3.8, 4) is 22.8 Å². The highest BCUT2D eigenvalue weighted by Crippen LogP contribution is 2.32. The van der Waals surface area contributed by atoms with Crippen molar-refractivity contribution >= 4 is 17.1 Å². The highest BCUT2D eigenvalue weighted by molar-refractivity contribution is 5.81. The van der Waals surface area contributed by atoms with E-state index in [1.165, 1.54) is 12.3 Å². The van der Waals surface area contributed by atoms with Gasteiger partial charge in [0.05, 0.1) is 5.69 Å². The molecule has 0 amide bonds. The summed E-state index contributed by atoms with van der Waals surface area (Å²) < 4.78 is 0. The van der Waals surface area contributed by atoms with Crippen LogP contribution in [0.1, 0.15) is 18.5 Å². The van der Waals surface area contributed by atoms with Crippen LogP contribution in [0.5, 0.6) is 11.5 Å². The minimum Gasteiger partial charge on any atom is -0.508 e. The molecule has 8 heteroatoms. The Bertz CT molecular complexity index is 1280. The molecule has 0 unspecified atom stereocenters. The van der Waals surface area contributed by atoms with Crippen molar-refractivity contribution in [2.24, 2.45) is 0 Å². The van der Waals surface area contributed by atoms with E-state index in [2.05, 4.69) is 20.8 Å². The Kier molecular flexibility index (Phi) is 4.89. The van der Waals surface area contributed by atoms with E-state index in [4.69, 9.17) is 0 Å². The molecule has 150 valence electrons. The zero-order chi connectivity index (χ0) is 21.3. The van der Waals surface area contributed by atoms with Crippen molar-refractivity contribution in [1.29, 1.82) is 0 Å². The normalized spacial score (nSPS) is 11.9. The number of benzene rings is 2. The molecular formula is C22H18N4O4. The molecule has 0 saturated heterocycles. The summed E-state index contributed by atoms with van der Waals surface area (Å²) in [5, 5.41) is 33.6. The molecule has 0 spiro atoms. The van der Waals surface area contributed by atoms with E-state index in [1.807, 2.05) is 13.0 Å². The van der Waals surface area contributed by atoms with E-state index in [1.54, 1.807) is 42.5 Å². The summed E-state index contributed by atoms with van der Waals surface area (Å²) in [6, 6.07) is 14.4. The summed E-state index contributed by atoms with van der Waals surface area (Å²) in [5.41, 5.74) is 1.26. The highest BCUT2D eigenvalue weighted by Gasteiger charge is 2.23. The van der Waals surface area contributed by atoms with Crippen LogP contribution < -0.4 is 21.5 Å². The number of phenolic OH excluding ortho intramolecular Hbond substituents is 2. The van der Waals surface area contributed by atoms with E-state index in [9.17, 15) is 19.8 Å². The van der Waals surface area contributed by atoms with Gasteiger partial charge in [0.1, 0.15) is 22.9 Å². The molecule has 1 aromatic heterocycles. The first-order valence-corrected chi connectivity index (χ1v) is 9.21. The molecule has 0 aliphatic rings. The van der Waals surface area contributed by atoms with Crippen molar-refractivity contribution in [3.05, 3.63) is 86.8 Å². The van der Waals surface area contributed by atoms with Crippen molar-refractivity contribution in [1.82, 2.24) is 10.2 Å².